The van der Waals surface area contributed by atoms with Crippen LogP contribution in [0.3, 0.4) is 0 Å². The average Bonchev–Trinajstić information content (AvgIpc) is 2.83. The lowest BCUT2D eigenvalue weighted by molar-refractivity contribution is 0.572. The van der Waals surface area contributed by atoms with Crippen LogP contribution in [0.5, 0.6) is 0 Å². The fourth-order valence-electron chi connectivity index (χ4n) is 2.67. The maximum absolute atomic E-state index is 4.47. The molecule has 1 aliphatic heterocycles. The van der Waals surface area contributed by atoms with Crippen LogP contribution >= 0.6 is 0 Å². The first-order valence-corrected chi connectivity index (χ1v) is 6.91. The van der Waals surface area contributed by atoms with Crippen molar-refractivity contribution in [1.82, 2.24) is 0 Å². The number of azo groups is 1. The second-order valence-electron chi connectivity index (χ2n) is 5.47. The summed E-state index contributed by atoms with van der Waals surface area (Å²) in [5, 5.41) is 8.65. The van der Waals surface area contributed by atoms with Crippen molar-refractivity contribution in [3.63, 3.8) is 0 Å². The number of rotatable bonds is 3. The Morgan fingerprint density at radius 1 is 1.00 bits per heavy atom. The monoisotopic (exact) mass is 262 g/mol. The third-order valence-electron chi connectivity index (χ3n) is 3.91. The van der Waals surface area contributed by atoms with E-state index < -0.39 is 0 Å². The molecule has 20 heavy (non-hydrogen) atoms. The molecule has 0 aromatic heterocycles. The smallest absolute Gasteiger partial charge is 0.127 e. The highest BCUT2D eigenvalue weighted by Crippen LogP contribution is 2.39. The summed E-state index contributed by atoms with van der Waals surface area (Å²) in [4.78, 5) is 0. The summed E-state index contributed by atoms with van der Waals surface area (Å²) < 4.78 is 0. The van der Waals surface area contributed by atoms with E-state index >= 15 is 0 Å². The van der Waals surface area contributed by atoms with Gasteiger partial charge in [0.05, 0.1) is 6.20 Å². The van der Waals surface area contributed by atoms with E-state index in [9.17, 15) is 0 Å². The van der Waals surface area contributed by atoms with Gasteiger partial charge >= 0.3 is 0 Å². The predicted octanol–water partition coefficient (Wildman–Crippen LogP) is 4.80. The molecule has 0 saturated carbocycles. The summed E-state index contributed by atoms with van der Waals surface area (Å²) in [6.07, 6.45) is 2.80. The quantitative estimate of drug-likeness (QED) is 0.759. The molecule has 0 aliphatic carbocycles. The standard InChI is InChI=1S/C18H18N2/c1-14-7-6-8-15(11-14)12-17-13-19-20-18(17,2)16-9-4-3-5-10-16/h3-11,13H,12H2,1-2H3. The van der Waals surface area contributed by atoms with Crippen LogP contribution < -0.4 is 0 Å². The molecule has 0 amide bonds. The Kier molecular flexibility index (Phi) is 3.23. The van der Waals surface area contributed by atoms with E-state index in [-0.39, 0.29) is 5.54 Å². The zero-order valence-electron chi connectivity index (χ0n) is 11.9. The summed E-state index contributed by atoms with van der Waals surface area (Å²) in [5.41, 5.74) is 4.71. The largest absolute Gasteiger partial charge is 0.173 e. The first kappa shape index (κ1) is 12.8. The van der Waals surface area contributed by atoms with Gasteiger partial charge in [-0.1, -0.05) is 60.2 Å². The minimum atomic E-state index is -0.328. The zero-order chi connectivity index (χ0) is 14.0. The van der Waals surface area contributed by atoms with Gasteiger partial charge in [-0.25, -0.2) is 0 Å². The fourth-order valence-corrected chi connectivity index (χ4v) is 2.67. The van der Waals surface area contributed by atoms with Crippen molar-refractivity contribution in [2.75, 3.05) is 0 Å². The molecule has 0 saturated heterocycles. The van der Waals surface area contributed by atoms with E-state index in [1.807, 2.05) is 12.3 Å². The van der Waals surface area contributed by atoms with Gasteiger partial charge in [-0.15, -0.1) is 0 Å². The Bertz CT molecular complexity index is 671. The van der Waals surface area contributed by atoms with Crippen molar-refractivity contribution >= 4 is 0 Å². The third-order valence-corrected chi connectivity index (χ3v) is 3.91. The van der Waals surface area contributed by atoms with Crippen LogP contribution in [0, 0.1) is 6.92 Å². The van der Waals surface area contributed by atoms with Gasteiger partial charge in [0.1, 0.15) is 5.54 Å². The Labute approximate surface area is 119 Å². The van der Waals surface area contributed by atoms with Gasteiger partial charge in [-0.05, 0) is 37.0 Å². The molecule has 0 radical (unpaired) electrons. The van der Waals surface area contributed by atoms with Gasteiger partial charge in [-0.3, -0.25) is 0 Å². The van der Waals surface area contributed by atoms with E-state index in [2.05, 4.69) is 72.6 Å². The van der Waals surface area contributed by atoms with Gasteiger partial charge in [0.25, 0.3) is 0 Å². The molecule has 2 nitrogen and oxygen atoms in total. The van der Waals surface area contributed by atoms with Crippen LogP contribution in [0.15, 0.2) is 76.6 Å². The van der Waals surface area contributed by atoms with Crippen molar-refractivity contribution in [2.45, 2.75) is 25.8 Å². The summed E-state index contributed by atoms with van der Waals surface area (Å²) in [7, 11) is 0. The summed E-state index contributed by atoms with van der Waals surface area (Å²) >= 11 is 0. The highest BCUT2D eigenvalue weighted by molar-refractivity contribution is 5.39. The van der Waals surface area contributed by atoms with Crippen molar-refractivity contribution in [3.8, 4) is 0 Å². The number of hydrogen-bond acceptors (Lipinski definition) is 2. The van der Waals surface area contributed by atoms with Crippen molar-refractivity contribution in [2.24, 2.45) is 10.2 Å². The van der Waals surface area contributed by atoms with Crippen LogP contribution in [0.4, 0.5) is 0 Å². The maximum atomic E-state index is 4.47. The SMILES string of the molecule is Cc1cccc(CC2=CN=NC2(C)c2ccccc2)c1. The number of hydrogen-bond donors (Lipinski definition) is 0. The Balaban J connectivity index is 1.91. The Hall–Kier alpha value is -2.22. The summed E-state index contributed by atoms with van der Waals surface area (Å²) in [6, 6.07) is 19.0. The molecule has 0 fully saturated rings. The molecule has 0 spiro atoms. The van der Waals surface area contributed by atoms with Gasteiger partial charge in [0.15, 0.2) is 0 Å². The molecule has 1 unspecified atom stereocenters. The maximum Gasteiger partial charge on any atom is 0.127 e. The van der Waals surface area contributed by atoms with Crippen molar-refractivity contribution in [1.29, 1.82) is 0 Å². The highest BCUT2D eigenvalue weighted by atomic mass is 15.2. The lowest BCUT2D eigenvalue weighted by Gasteiger charge is -2.24. The Morgan fingerprint density at radius 3 is 2.55 bits per heavy atom. The average molecular weight is 262 g/mol. The van der Waals surface area contributed by atoms with Crippen molar-refractivity contribution < 1.29 is 0 Å². The first-order valence-electron chi connectivity index (χ1n) is 6.91. The number of aryl methyl sites for hydroxylation is 1. The van der Waals surface area contributed by atoms with Gasteiger partial charge < -0.3 is 0 Å². The van der Waals surface area contributed by atoms with Gasteiger partial charge in [0, 0.05) is 0 Å². The molecule has 2 aromatic carbocycles. The lowest BCUT2D eigenvalue weighted by Crippen LogP contribution is -2.21. The van der Waals surface area contributed by atoms with E-state index in [0.717, 1.165) is 6.42 Å². The molecule has 2 heteroatoms. The topological polar surface area (TPSA) is 24.7 Å². The Morgan fingerprint density at radius 2 is 1.80 bits per heavy atom. The molecule has 3 rings (SSSR count). The van der Waals surface area contributed by atoms with Crippen LogP contribution in [-0.4, -0.2) is 0 Å². The van der Waals surface area contributed by atoms with E-state index in [1.165, 1.54) is 22.3 Å². The van der Waals surface area contributed by atoms with Crippen LogP contribution in [0.2, 0.25) is 0 Å². The normalized spacial score (nSPS) is 21.0. The minimum Gasteiger partial charge on any atom is -0.173 e. The lowest BCUT2D eigenvalue weighted by atomic mass is 9.83. The second-order valence-corrected chi connectivity index (χ2v) is 5.47. The molecule has 1 atom stereocenters. The summed E-state index contributed by atoms with van der Waals surface area (Å²) in [6.45, 7) is 4.26. The second kappa shape index (κ2) is 5.04. The van der Waals surface area contributed by atoms with Crippen molar-refractivity contribution in [3.05, 3.63) is 83.1 Å². The van der Waals surface area contributed by atoms with E-state index in [4.69, 9.17) is 0 Å². The third kappa shape index (κ3) is 2.29. The highest BCUT2D eigenvalue weighted by Gasteiger charge is 2.33. The molecule has 100 valence electrons. The van der Waals surface area contributed by atoms with E-state index in [1.54, 1.807) is 0 Å². The molecule has 2 aromatic rings. The van der Waals surface area contributed by atoms with Crippen LogP contribution in [0.25, 0.3) is 0 Å². The molecule has 0 N–H and O–H groups in total. The fraction of sp³-hybridized carbons (Fsp3) is 0.222. The first-order chi connectivity index (χ1) is 9.68. The van der Waals surface area contributed by atoms with Crippen LogP contribution in [0.1, 0.15) is 23.6 Å². The predicted molar refractivity (Wildman–Crippen MR) is 81.6 cm³/mol. The molecule has 0 bridgehead atoms. The molecule has 1 heterocycles. The van der Waals surface area contributed by atoms with Gasteiger partial charge in [-0.2, -0.15) is 10.2 Å². The number of nitrogens with zero attached hydrogens (tertiary/aromatic N) is 2. The molecule has 1 aliphatic rings. The number of benzene rings is 2. The molecular formula is C18H18N2. The van der Waals surface area contributed by atoms with Crippen LogP contribution in [-0.2, 0) is 12.0 Å². The van der Waals surface area contributed by atoms with Gasteiger partial charge in [0.2, 0.25) is 0 Å². The minimum absolute atomic E-state index is 0.328. The van der Waals surface area contributed by atoms with E-state index in [0.29, 0.717) is 0 Å². The molecular weight excluding hydrogens is 244 g/mol. The zero-order valence-corrected chi connectivity index (χ0v) is 11.9. The summed E-state index contributed by atoms with van der Waals surface area (Å²) in [5.74, 6) is 0.